The highest BCUT2D eigenvalue weighted by Gasteiger charge is 2.35. The predicted molar refractivity (Wildman–Crippen MR) is 74.6 cm³/mol. The van der Waals surface area contributed by atoms with Crippen LogP contribution in [0, 0.1) is 5.82 Å². The number of nitrogens with zero attached hydrogens (tertiary/aromatic N) is 1. The lowest BCUT2D eigenvalue weighted by Crippen LogP contribution is -2.52. The van der Waals surface area contributed by atoms with Crippen LogP contribution in [-0.4, -0.2) is 16.8 Å². The molecular weight excluding hydrogens is 273 g/mol. The van der Waals surface area contributed by atoms with E-state index in [2.05, 4.69) is 10.3 Å². The Morgan fingerprint density at radius 1 is 1.24 bits per heavy atom. The Labute approximate surface area is 121 Å². The van der Waals surface area contributed by atoms with Crippen molar-refractivity contribution in [2.75, 3.05) is 0 Å². The lowest BCUT2D eigenvalue weighted by Gasteiger charge is -2.28. The topological polar surface area (TPSA) is 85.1 Å². The van der Waals surface area contributed by atoms with Crippen molar-refractivity contribution in [1.82, 2.24) is 10.3 Å². The molecule has 0 saturated heterocycles. The van der Waals surface area contributed by atoms with E-state index in [0.717, 1.165) is 6.20 Å². The summed E-state index contributed by atoms with van der Waals surface area (Å²) in [5.41, 5.74) is 4.28. The lowest BCUT2D eigenvalue weighted by molar-refractivity contribution is -0.123. The third kappa shape index (κ3) is 2.89. The molecule has 1 heterocycles. The Balaban J connectivity index is 2.36. The first-order valence-electron chi connectivity index (χ1n) is 6.22. The summed E-state index contributed by atoms with van der Waals surface area (Å²) in [7, 11) is 0. The number of amides is 2. The molecule has 1 aromatic carbocycles. The zero-order chi connectivity index (χ0) is 15.5. The zero-order valence-electron chi connectivity index (χ0n) is 11.3. The van der Waals surface area contributed by atoms with Crippen molar-refractivity contribution in [1.29, 1.82) is 0 Å². The van der Waals surface area contributed by atoms with Crippen LogP contribution in [-0.2, 0) is 10.3 Å². The Hall–Kier alpha value is -2.76. The number of nitrogens with two attached hydrogens (primary N) is 1. The minimum atomic E-state index is -1.44. The number of hydrogen-bond acceptors (Lipinski definition) is 3. The molecule has 2 rings (SSSR count). The summed E-state index contributed by atoms with van der Waals surface area (Å²) < 4.78 is 13.6. The monoisotopic (exact) mass is 287 g/mol. The molecule has 21 heavy (non-hydrogen) atoms. The van der Waals surface area contributed by atoms with Crippen LogP contribution in [0.3, 0.4) is 0 Å². The number of carbonyl (C=O) groups is 2. The van der Waals surface area contributed by atoms with Crippen LogP contribution in [0.15, 0.2) is 48.8 Å². The van der Waals surface area contributed by atoms with Gasteiger partial charge < -0.3 is 11.1 Å². The predicted octanol–water partition coefficient (Wildman–Crippen LogP) is 1.35. The molecule has 1 aromatic heterocycles. The second-order valence-corrected chi connectivity index (χ2v) is 4.66. The standard InChI is InChI=1S/C15H14FN3O2/c1-15(14(17)21,10-5-3-2-4-6-10)19-13(20)11-7-8-18-9-12(11)16/h2-9H,1H3,(H2,17,21)(H,19,20). The van der Waals surface area contributed by atoms with E-state index in [1.54, 1.807) is 30.3 Å². The summed E-state index contributed by atoms with van der Waals surface area (Å²) in [6, 6.07) is 9.76. The Morgan fingerprint density at radius 2 is 1.90 bits per heavy atom. The maximum absolute atomic E-state index is 13.6. The number of pyridine rings is 1. The van der Waals surface area contributed by atoms with Crippen molar-refractivity contribution in [3.63, 3.8) is 0 Å². The molecule has 0 aliphatic carbocycles. The molecule has 2 aromatic rings. The normalized spacial score (nSPS) is 13.2. The number of nitrogens with one attached hydrogen (secondary N) is 1. The zero-order valence-corrected chi connectivity index (χ0v) is 11.3. The molecule has 0 spiro atoms. The van der Waals surface area contributed by atoms with Crippen molar-refractivity contribution >= 4 is 11.8 Å². The highest BCUT2D eigenvalue weighted by atomic mass is 19.1. The van der Waals surface area contributed by atoms with Gasteiger partial charge >= 0.3 is 0 Å². The molecule has 6 heteroatoms. The van der Waals surface area contributed by atoms with Crippen molar-refractivity contribution in [2.24, 2.45) is 5.73 Å². The van der Waals surface area contributed by atoms with Gasteiger partial charge in [0.1, 0.15) is 5.54 Å². The molecule has 0 bridgehead atoms. The van der Waals surface area contributed by atoms with Crippen LogP contribution >= 0.6 is 0 Å². The van der Waals surface area contributed by atoms with E-state index in [1.807, 2.05) is 0 Å². The van der Waals surface area contributed by atoms with Gasteiger partial charge in [0.25, 0.3) is 5.91 Å². The van der Waals surface area contributed by atoms with Gasteiger partial charge in [-0.1, -0.05) is 30.3 Å². The van der Waals surface area contributed by atoms with Crippen molar-refractivity contribution < 1.29 is 14.0 Å². The molecular formula is C15H14FN3O2. The van der Waals surface area contributed by atoms with Crippen LogP contribution in [0.2, 0.25) is 0 Å². The highest BCUT2D eigenvalue weighted by molar-refractivity contribution is 5.99. The molecule has 0 radical (unpaired) electrons. The summed E-state index contributed by atoms with van der Waals surface area (Å²) in [6.45, 7) is 1.47. The number of primary amides is 1. The van der Waals surface area contributed by atoms with E-state index in [1.165, 1.54) is 19.2 Å². The number of benzene rings is 1. The van der Waals surface area contributed by atoms with E-state index >= 15 is 0 Å². The van der Waals surface area contributed by atoms with E-state index in [0.29, 0.717) is 5.56 Å². The third-order valence-electron chi connectivity index (χ3n) is 3.22. The van der Waals surface area contributed by atoms with Crippen molar-refractivity contribution in [2.45, 2.75) is 12.5 Å². The fourth-order valence-electron chi connectivity index (χ4n) is 1.90. The molecule has 0 saturated carbocycles. The Kier molecular flexibility index (Phi) is 3.98. The molecule has 0 aliphatic heterocycles. The smallest absolute Gasteiger partial charge is 0.255 e. The van der Waals surface area contributed by atoms with Gasteiger partial charge in [0.05, 0.1) is 11.8 Å². The van der Waals surface area contributed by atoms with Crippen LogP contribution in [0.4, 0.5) is 4.39 Å². The van der Waals surface area contributed by atoms with Crippen LogP contribution in [0.25, 0.3) is 0 Å². The average molecular weight is 287 g/mol. The van der Waals surface area contributed by atoms with Crippen molar-refractivity contribution in [3.05, 3.63) is 65.7 Å². The molecule has 2 amide bonds. The van der Waals surface area contributed by atoms with E-state index in [-0.39, 0.29) is 5.56 Å². The maximum Gasteiger partial charge on any atom is 0.255 e. The quantitative estimate of drug-likeness (QED) is 0.890. The number of aromatic nitrogens is 1. The molecule has 5 nitrogen and oxygen atoms in total. The average Bonchev–Trinajstić information content (AvgIpc) is 2.48. The minimum absolute atomic E-state index is 0.201. The van der Waals surface area contributed by atoms with Gasteiger partial charge in [-0.15, -0.1) is 0 Å². The Morgan fingerprint density at radius 3 is 2.48 bits per heavy atom. The number of rotatable bonds is 4. The van der Waals surface area contributed by atoms with Gasteiger partial charge in [-0.3, -0.25) is 14.6 Å². The van der Waals surface area contributed by atoms with Gasteiger partial charge in [-0.05, 0) is 18.6 Å². The lowest BCUT2D eigenvalue weighted by atomic mass is 9.91. The van der Waals surface area contributed by atoms with Gasteiger partial charge in [-0.2, -0.15) is 0 Å². The summed E-state index contributed by atoms with van der Waals surface area (Å²) >= 11 is 0. The second kappa shape index (κ2) is 5.70. The van der Waals surface area contributed by atoms with Gasteiger partial charge in [0, 0.05) is 6.20 Å². The first-order valence-corrected chi connectivity index (χ1v) is 6.22. The second-order valence-electron chi connectivity index (χ2n) is 4.66. The molecule has 1 unspecified atom stereocenters. The summed E-state index contributed by atoms with van der Waals surface area (Å²) in [6.07, 6.45) is 2.22. The van der Waals surface area contributed by atoms with Gasteiger partial charge in [0.15, 0.2) is 5.82 Å². The summed E-state index contributed by atoms with van der Waals surface area (Å²) in [5.74, 6) is -2.24. The van der Waals surface area contributed by atoms with Crippen molar-refractivity contribution in [3.8, 4) is 0 Å². The number of hydrogen-bond donors (Lipinski definition) is 2. The number of halogens is 1. The minimum Gasteiger partial charge on any atom is -0.367 e. The molecule has 3 N–H and O–H groups in total. The highest BCUT2D eigenvalue weighted by Crippen LogP contribution is 2.21. The van der Waals surface area contributed by atoms with Crippen LogP contribution in [0.5, 0.6) is 0 Å². The SMILES string of the molecule is CC(NC(=O)c1ccncc1F)(C(N)=O)c1ccccc1. The Bertz CT molecular complexity index is 676. The molecule has 108 valence electrons. The first kappa shape index (κ1) is 14.6. The van der Waals surface area contributed by atoms with E-state index < -0.39 is 23.2 Å². The van der Waals surface area contributed by atoms with E-state index in [4.69, 9.17) is 5.73 Å². The fraction of sp³-hybridized carbons (Fsp3) is 0.133. The summed E-state index contributed by atoms with van der Waals surface area (Å²) in [4.78, 5) is 27.5. The molecule has 0 fully saturated rings. The van der Waals surface area contributed by atoms with Crippen LogP contribution in [0.1, 0.15) is 22.8 Å². The van der Waals surface area contributed by atoms with E-state index in [9.17, 15) is 14.0 Å². The largest absolute Gasteiger partial charge is 0.367 e. The number of carbonyl (C=O) groups excluding carboxylic acids is 2. The third-order valence-corrected chi connectivity index (χ3v) is 3.22. The molecule has 1 atom stereocenters. The first-order chi connectivity index (χ1) is 9.95. The summed E-state index contributed by atoms with van der Waals surface area (Å²) in [5, 5.41) is 2.48. The maximum atomic E-state index is 13.6. The van der Waals surface area contributed by atoms with Crippen LogP contribution < -0.4 is 11.1 Å². The van der Waals surface area contributed by atoms with Gasteiger partial charge in [0.2, 0.25) is 5.91 Å². The molecule has 0 aliphatic rings. The van der Waals surface area contributed by atoms with Gasteiger partial charge in [-0.25, -0.2) is 4.39 Å². The fourth-order valence-corrected chi connectivity index (χ4v) is 1.90.